The maximum Gasteiger partial charge on any atom is 0.496 e. The standard InChI is InChI=1S/C30H35BClN3O4/c1-29(2)30(3,4)39-31(38-29)24-11-7-10-23(27(24)32)19-8-6-9-20(16-19)25-14-12-21(28(35-25)37-5)17-33-18-22-13-15-26(36)34-22/h6-12,14,16,22,33H,13,15,17-18H2,1-5H3,(H,34,36)/t22-/m0/s1. The van der Waals surface area contributed by atoms with Gasteiger partial charge in [0.15, 0.2) is 0 Å². The van der Waals surface area contributed by atoms with Crippen LogP contribution < -0.4 is 20.8 Å². The first-order valence-corrected chi connectivity index (χ1v) is 13.7. The summed E-state index contributed by atoms with van der Waals surface area (Å²) < 4.78 is 18.1. The highest BCUT2D eigenvalue weighted by atomic mass is 35.5. The number of carbonyl (C=O) groups is 1. The fourth-order valence-corrected chi connectivity index (χ4v) is 5.25. The van der Waals surface area contributed by atoms with E-state index < -0.39 is 18.3 Å². The Morgan fingerprint density at radius 1 is 1.08 bits per heavy atom. The first-order chi connectivity index (χ1) is 18.6. The first kappa shape index (κ1) is 27.7. The third-order valence-electron chi connectivity index (χ3n) is 7.93. The molecule has 0 spiro atoms. The van der Waals surface area contributed by atoms with Crippen molar-refractivity contribution in [2.45, 2.75) is 64.3 Å². The van der Waals surface area contributed by atoms with Crippen LogP contribution in [0.3, 0.4) is 0 Å². The molecule has 0 aliphatic carbocycles. The third-order valence-corrected chi connectivity index (χ3v) is 8.35. The van der Waals surface area contributed by atoms with Crippen LogP contribution in [0.1, 0.15) is 46.1 Å². The van der Waals surface area contributed by atoms with Crippen LogP contribution in [0.25, 0.3) is 22.4 Å². The fourth-order valence-electron chi connectivity index (χ4n) is 4.92. The number of ether oxygens (including phenoxy) is 1. The number of rotatable bonds is 8. The Morgan fingerprint density at radius 3 is 2.49 bits per heavy atom. The number of nitrogens with one attached hydrogen (secondary N) is 2. The van der Waals surface area contributed by atoms with Crippen LogP contribution in [0.5, 0.6) is 5.88 Å². The van der Waals surface area contributed by atoms with E-state index in [-0.39, 0.29) is 11.9 Å². The van der Waals surface area contributed by atoms with Crippen LogP contribution in [-0.2, 0) is 20.6 Å². The van der Waals surface area contributed by atoms with Gasteiger partial charge in [0.05, 0.1) is 24.0 Å². The number of pyridine rings is 1. The number of hydrogen-bond donors (Lipinski definition) is 2. The molecule has 0 saturated carbocycles. The van der Waals surface area contributed by atoms with Gasteiger partial charge in [0.25, 0.3) is 0 Å². The van der Waals surface area contributed by atoms with E-state index in [0.29, 0.717) is 30.4 Å². The van der Waals surface area contributed by atoms with Crippen LogP contribution in [0, 0.1) is 0 Å². The summed E-state index contributed by atoms with van der Waals surface area (Å²) in [5, 5.41) is 6.99. The quantitative estimate of drug-likeness (QED) is 0.396. The molecule has 0 bridgehead atoms. The molecule has 1 amide bonds. The van der Waals surface area contributed by atoms with Crippen molar-refractivity contribution in [3.05, 3.63) is 65.2 Å². The van der Waals surface area contributed by atoms with Crippen molar-refractivity contribution in [3.8, 4) is 28.3 Å². The van der Waals surface area contributed by atoms with Gasteiger partial charge < -0.3 is 24.7 Å². The van der Waals surface area contributed by atoms with Gasteiger partial charge in [0, 0.05) is 47.2 Å². The second kappa shape index (κ2) is 10.9. The highest BCUT2D eigenvalue weighted by Crippen LogP contribution is 2.38. The van der Waals surface area contributed by atoms with Crippen molar-refractivity contribution >= 4 is 30.1 Å². The van der Waals surface area contributed by atoms with Gasteiger partial charge in [-0.15, -0.1) is 0 Å². The number of halogens is 1. The predicted molar refractivity (Wildman–Crippen MR) is 155 cm³/mol. The Bertz CT molecular complexity index is 1360. The maximum atomic E-state index is 11.4. The number of hydrogen-bond acceptors (Lipinski definition) is 6. The van der Waals surface area contributed by atoms with E-state index in [9.17, 15) is 4.79 Å². The number of aromatic nitrogens is 1. The summed E-state index contributed by atoms with van der Waals surface area (Å²) in [4.78, 5) is 16.2. The lowest BCUT2D eigenvalue weighted by Gasteiger charge is -2.32. The van der Waals surface area contributed by atoms with Crippen LogP contribution in [0.4, 0.5) is 0 Å². The summed E-state index contributed by atoms with van der Waals surface area (Å²) in [6, 6.07) is 18.3. The van der Waals surface area contributed by atoms with Gasteiger partial charge >= 0.3 is 7.12 Å². The minimum atomic E-state index is -0.539. The van der Waals surface area contributed by atoms with Crippen molar-refractivity contribution in [1.82, 2.24) is 15.6 Å². The van der Waals surface area contributed by atoms with E-state index in [1.807, 2.05) is 76.2 Å². The second-order valence-corrected chi connectivity index (χ2v) is 11.6. The van der Waals surface area contributed by atoms with Gasteiger partial charge in [-0.05, 0) is 57.4 Å². The zero-order chi connectivity index (χ0) is 27.8. The van der Waals surface area contributed by atoms with E-state index in [1.165, 1.54) is 0 Å². The lowest BCUT2D eigenvalue weighted by Crippen LogP contribution is -2.41. The van der Waals surface area contributed by atoms with Gasteiger partial charge in [-0.2, -0.15) is 0 Å². The molecule has 5 rings (SSSR count). The molecule has 2 N–H and O–H groups in total. The van der Waals surface area contributed by atoms with E-state index >= 15 is 0 Å². The van der Waals surface area contributed by atoms with Crippen LogP contribution >= 0.6 is 11.6 Å². The molecule has 9 heteroatoms. The fraction of sp³-hybridized carbons (Fsp3) is 0.400. The topological polar surface area (TPSA) is 81.7 Å². The normalized spacial score (nSPS) is 19.8. The van der Waals surface area contributed by atoms with Crippen LogP contribution in [-0.4, -0.2) is 48.9 Å². The number of methoxy groups -OCH3 is 1. The summed E-state index contributed by atoms with van der Waals surface area (Å²) in [5.74, 6) is 0.690. The van der Waals surface area contributed by atoms with Gasteiger partial charge in [-0.1, -0.05) is 54.1 Å². The summed E-state index contributed by atoms with van der Waals surface area (Å²) in [6.07, 6.45) is 1.46. The SMILES string of the molecule is COc1nc(-c2cccc(-c3cccc(B4OC(C)(C)C(C)(C)O4)c3Cl)c2)ccc1CNC[C@@H]1CCC(=O)N1. The lowest BCUT2D eigenvalue weighted by molar-refractivity contribution is -0.119. The van der Waals surface area contributed by atoms with Crippen molar-refractivity contribution < 1.29 is 18.8 Å². The molecular weight excluding hydrogens is 513 g/mol. The number of benzene rings is 2. The maximum absolute atomic E-state index is 11.4. The molecule has 0 unspecified atom stereocenters. The van der Waals surface area contributed by atoms with Gasteiger partial charge in [-0.25, -0.2) is 4.98 Å². The molecule has 2 aliphatic rings. The molecule has 0 radical (unpaired) electrons. The molecule has 3 heterocycles. The van der Waals surface area contributed by atoms with Crippen molar-refractivity contribution in [3.63, 3.8) is 0 Å². The molecule has 3 aromatic rings. The average Bonchev–Trinajstić information content (AvgIpc) is 3.42. The first-order valence-electron chi connectivity index (χ1n) is 13.4. The molecule has 7 nitrogen and oxygen atoms in total. The summed E-state index contributed by atoms with van der Waals surface area (Å²) in [7, 11) is 1.09. The molecular formula is C30H35BClN3O4. The molecule has 2 saturated heterocycles. The van der Waals surface area contributed by atoms with E-state index in [0.717, 1.165) is 39.8 Å². The zero-order valence-electron chi connectivity index (χ0n) is 23.1. The van der Waals surface area contributed by atoms with Crippen LogP contribution in [0.2, 0.25) is 5.02 Å². The molecule has 2 fully saturated rings. The smallest absolute Gasteiger partial charge is 0.481 e. The van der Waals surface area contributed by atoms with Gasteiger partial charge in [0.1, 0.15) is 0 Å². The summed E-state index contributed by atoms with van der Waals surface area (Å²) in [5.41, 5.74) is 4.51. The molecule has 2 aliphatic heterocycles. The highest BCUT2D eigenvalue weighted by molar-refractivity contribution is 6.66. The van der Waals surface area contributed by atoms with E-state index in [1.54, 1.807) is 7.11 Å². The van der Waals surface area contributed by atoms with Gasteiger partial charge in [-0.3, -0.25) is 4.79 Å². The highest BCUT2D eigenvalue weighted by Gasteiger charge is 2.52. The second-order valence-electron chi connectivity index (χ2n) is 11.2. The minimum Gasteiger partial charge on any atom is -0.481 e. The Hall–Kier alpha value is -2.91. The number of carbonyl (C=O) groups excluding carboxylic acids is 1. The number of nitrogens with zero attached hydrogens (tertiary/aromatic N) is 1. The van der Waals surface area contributed by atoms with Crippen LogP contribution in [0.15, 0.2) is 54.6 Å². The molecule has 2 aromatic carbocycles. The third kappa shape index (κ3) is 5.70. The Balaban J connectivity index is 1.36. The molecule has 39 heavy (non-hydrogen) atoms. The Morgan fingerprint density at radius 2 is 1.79 bits per heavy atom. The largest absolute Gasteiger partial charge is 0.496 e. The van der Waals surface area contributed by atoms with Gasteiger partial charge in [0.2, 0.25) is 11.8 Å². The Kier molecular flexibility index (Phi) is 7.75. The molecule has 1 aromatic heterocycles. The van der Waals surface area contributed by atoms with Crippen molar-refractivity contribution in [2.75, 3.05) is 13.7 Å². The predicted octanol–water partition coefficient (Wildman–Crippen LogP) is 4.75. The van der Waals surface area contributed by atoms with Crippen molar-refractivity contribution in [2.24, 2.45) is 0 Å². The summed E-state index contributed by atoms with van der Waals surface area (Å²) in [6.45, 7) is 9.45. The number of amides is 1. The monoisotopic (exact) mass is 547 g/mol. The average molecular weight is 548 g/mol. The van der Waals surface area contributed by atoms with Crippen molar-refractivity contribution in [1.29, 1.82) is 0 Å². The Labute approximate surface area is 235 Å². The molecule has 204 valence electrons. The van der Waals surface area contributed by atoms with E-state index in [4.69, 9.17) is 30.6 Å². The lowest BCUT2D eigenvalue weighted by atomic mass is 9.77. The summed E-state index contributed by atoms with van der Waals surface area (Å²) >= 11 is 6.95. The minimum absolute atomic E-state index is 0.119. The van der Waals surface area contributed by atoms with E-state index in [2.05, 4.69) is 16.7 Å². The molecule has 1 atom stereocenters. The zero-order valence-corrected chi connectivity index (χ0v) is 23.9.